The first-order valence-corrected chi connectivity index (χ1v) is 8.13. The number of sulfone groups is 1. The van der Waals surface area contributed by atoms with Gasteiger partial charge in [0, 0.05) is 5.92 Å². The number of aromatic nitrogens is 2. The molecule has 1 aromatic heterocycles. The van der Waals surface area contributed by atoms with Gasteiger partial charge in [-0.2, -0.15) is 4.98 Å². The topological polar surface area (TPSA) is 99.1 Å². The zero-order valence-electron chi connectivity index (χ0n) is 10.5. The predicted molar refractivity (Wildman–Crippen MR) is 66.8 cm³/mol. The molecule has 2 heterocycles. The molecule has 1 aliphatic rings. The van der Waals surface area contributed by atoms with Crippen molar-refractivity contribution in [3.05, 3.63) is 11.7 Å². The Hall–Kier alpha value is -0.950. The van der Waals surface area contributed by atoms with Crippen LogP contribution in [0.1, 0.15) is 56.3 Å². The minimum atomic E-state index is -2.92. The van der Waals surface area contributed by atoms with Gasteiger partial charge in [-0.1, -0.05) is 24.9 Å². The molecule has 1 aliphatic heterocycles. The minimum Gasteiger partial charge on any atom is -0.338 e. The molecule has 2 rings (SSSR count). The summed E-state index contributed by atoms with van der Waals surface area (Å²) >= 11 is 0. The van der Waals surface area contributed by atoms with Crippen LogP contribution >= 0.6 is 0 Å². The third kappa shape index (κ3) is 3.08. The van der Waals surface area contributed by atoms with E-state index in [1.54, 1.807) is 0 Å². The number of nitrogens with two attached hydrogens (primary N) is 1. The fourth-order valence-electron chi connectivity index (χ4n) is 2.11. The van der Waals surface area contributed by atoms with Crippen molar-refractivity contribution in [2.75, 3.05) is 11.5 Å². The van der Waals surface area contributed by atoms with Crippen molar-refractivity contribution in [3.8, 4) is 0 Å². The van der Waals surface area contributed by atoms with Crippen LogP contribution < -0.4 is 5.73 Å². The maximum Gasteiger partial charge on any atom is 0.243 e. The second-order valence-corrected chi connectivity index (χ2v) is 7.07. The second kappa shape index (κ2) is 5.36. The molecule has 0 aliphatic carbocycles. The Morgan fingerprint density at radius 2 is 2.33 bits per heavy atom. The first-order chi connectivity index (χ1) is 8.52. The third-order valence-corrected chi connectivity index (χ3v) is 5.01. The van der Waals surface area contributed by atoms with Crippen molar-refractivity contribution in [3.63, 3.8) is 0 Å². The van der Waals surface area contributed by atoms with Gasteiger partial charge in [-0.15, -0.1) is 0 Å². The number of nitrogens with zero attached hydrogens (tertiary/aromatic N) is 2. The fraction of sp³-hybridized carbons (Fsp3) is 0.818. The van der Waals surface area contributed by atoms with E-state index in [-0.39, 0.29) is 23.5 Å². The Balaban J connectivity index is 2.02. The van der Waals surface area contributed by atoms with Crippen LogP contribution in [0.2, 0.25) is 0 Å². The lowest BCUT2D eigenvalue weighted by Gasteiger charge is -2.04. The molecular weight excluding hydrogens is 254 g/mol. The molecule has 0 spiro atoms. The van der Waals surface area contributed by atoms with Crippen LogP contribution in [0.5, 0.6) is 0 Å². The van der Waals surface area contributed by atoms with E-state index in [2.05, 4.69) is 17.1 Å². The molecule has 0 bridgehead atoms. The summed E-state index contributed by atoms with van der Waals surface area (Å²) in [4.78, 5) is 4.24. The maximum atomic E-state index is 11.4. The van der Waals surface area contributed by atoms with Gasteiger partial charge in [-0.05, 0) is 12.8 Å². The molecule has 102 valence electrons. The third-order valence-electron chi connectivity index (χ3n) is 3.24. The zero-order valence-corrected chi connectivity index (χ0v) is 11.3. The van der Waals surface area contributed by atoms with Gasteiger partial charge in [-0.25, -0.2) is 8.42 Å². The monoisotopic (exact) mass is 273 g/mol. The summed E-state index contributed by atoms with van der Waals surface area (Å²) in [6.07, 6.45) is 3.46. The average molecular weight is 273 g/mol. The van der Waals surface area contributed by atoms with Gasteiger partial charge in [-0.3, -0.25) is 0 Å². The summed E-state index contributed by atoms with van der Waals surface area (Å²) in [5, 5.41) is 3.86. The van der Waals surface area contributed by atoms with Crippen LogP contribution in [0.15, 0.2) is 4.52 Å². The summed E-state index contributed by atoms with van der Waals surface area (Å²) in [5.74, 6) is 1.10. The molecule has 1 saturated heterocycles. The van der Waals surface area contributed by atoms with Crippen molar-refractivity contribution >= 4 is 9.84 Å². The highest BCUT2D eigenvalue weighted by Gasteiger charge is 2.32. The largest absolute Gasteiger partial charge is 0.338 e. The fourth-order valence-corrected chi connectivity index (χ4v) is 3.85. The number of hydrogen-bond acceptors (Lipinski definition) is 6. The lowest BCUT2D eigenvalue weighted by atomic mass is 10.1. The molecule has 2 N–H and O–H groups in total. The molecule has 0 radical (unpaired) electrons. The van der Waals surface area contributed by atoms with E-state index in [0.717, 1.165) is 19.3 Å². The Bertz CT molecular complexity index is 497. The summed E-state index contributed by atoms with van der Waals surface area (Å²) in [5.41, 5.74) is 5.93. The Morgan fingerprint density at radius 1 is 1.56 bits per heavy atom. The van der Waals surface area contributed by atoms with Gasteiger partial charge >= 0.3 is 0 Å². The zero-order chi connectivity index (χ0) is 13.2. The lowest BCUT2D eigenvalue weighted by molar-refractivity contribution is 0.341. The average Bonchev–Trinajstić information content (AvgIpc) is 2.92. The van der Waals surface area contributed by atoms with Gasteiger partial charge < -0.3 is 10.3 Å². The molecule has 2 atom stereocenters. The summed E-state index contributed by atoms with van der Waals surface area (Å²) < 4.78 is 27.9. The molecule has 0 saturated carbocycles. The number of rotatable bonds is 5. The van der Waals surface area contributed by atoms with Crippen molar-refractivity contribution in [1.82, 2.24) is 10.1 Å². The van der Waals surface area contributed by atoms with Crippen LogP contribution in [0.25, 0.3) is 0 Å². The molecule has 2 unspecified atom stereocenters. The first kappa shape index (κ1) is 13.5. The molecule has 18 heavy (non-hydrogen) atoms. The van der Waals surface area contributed by atoms with Crippen molar-refractivity contribution < 1.29 is 12.9 Å². The Labute approximate surface area is 107 Å². The Morgan fingerprint density at radius 3 is 2.94 bits per heavy atom. The standard InChI is InChI=1S/C11H19N3O3S/c1-2-3-4-9(12)11-13-10(14-17-11)8-5-6-18(15,16)7-8/h8-9H,2-7,12H2,1H3. The van der Waals surface area contributed by atoms with Gasteiger partial charge in [0.15, 0.2) is 15.7 Å². The van der Waals surface area contributed by atoms with Crippen LogP contribution in [0.4, 0.5) is 0 Å². The molecule has 6 nitrogen and oxygen atoms in total. The molecule has 1 aromatic rings. The van der Waals surface area contributed by atoms with Crippen molar-refractivity contribution in [2.45, 2.75) is 44.6 Å². The molecular formula is C11H19N3O3S. The quantitative estimate of drug-likeness (QED) is 0.864. The van der Waals surface area contributed by atoms with E-state index in [1.165, 1.54) is 0 Å². The SMILES string of the molecule is CCCCC(N)c1nc(C2CCS(=O)(=O)C2)no1. The van der Waals surface area contributed by atoms with Crippen LogP contribution in [-0.2, 0) is 9.84 Å². The van der Waals surface area contributed by atoms with Crippen LogP contribution in [0, 0.1) is 0 Å². The predicted octanol–water partition coefficient (Wildman–Crippen LogP) is 1.16. The molecule has 0 aromatic carbocycles. The highest BCUT2D eigenvalue weighted by molar-refractivity contribution is 7.91. The lowest BCUT2D eigenvalue weighted by Crippen LogP contribution is -2.11. The van der Waals surface area contributed by atoms with Gasteiger partial charge in [0.05, 0.1) is 17.5 Å². The summed E-state index contributed by atoms with van der Waals surface area (Å²) in [6.45, 7) is 2.09. The first-order valence-electron chi connectivity index (χ1n) is 6.31. The number of hydrogen-bond donors (Lipinski definition) is 1. The van der Waals surface area contributed by atoms with Crippen LogP contribution in [-0.4, -0.2) is 30.1 Å². The van der Waals surface area contributed by atoms with Crippen LogP contribution in [0.3, 0.4) is 0 Å². The molecule has 7 heteroatoms. The van der Waals surface area contributed by atoms with E-state index >= 15 is 0 Å². The second-order valence-electron chi connectivity index (χ2n) is 4.84. The van der Waals surface area contributed by atoms with E-state index in [1.807, 2.05) is 0 Å². The van der Waals surface area contributed by atoms with E-state index in [0.29, 0.717) is 18.1 Å². The smallest absolute Gasteiger partial charge is 0.243 e. The normalized spacial score (nSPS) is 24.2. The molecule has 1 fully saturated rings. The van der Waals surface area contributed by atoms with Crippen molar-refractivity contribution in [2.24, 2.45) is 5.73 Å². The highest BCUT2D eigenvalue weighted by Crippen LogP contribution is 2.27. The summed E-state index contributed by atoms with van der Waals surface area (Å²) in [6, 6.07) is -0.246. The maximum absolute atomic E-state index is 11.4. The summed E-state index contributed by atoms with van der Waals surface area (Å²) in [7, 11) is -2.92. The highest BCUT2D eigenvalue weighted by atomic mass is 32.2. The van der Waals surface area contributed by atoms with E-state index < -0.39 is 9.84 Å². The van der Waals surface area contributed by atoms with E-state index in [4.69, 9.17) is 10.3 Å². The molecule has 0 amide bonds. The Kier molecular flexibility index (Phi) is 4.01. The van der Waals surface area contributed by atoms with E-state index in [9.17, 15) is 8.42 Å². The van der Waals surface area contributed by atoms with Gasteiger partial charge in [0.25, 0.3) is 0 Å². The van der Waals surface area contributed by atoms with Crippen molar-refractivity contribution in [1.29, 1.82) is 0 Å². The number of unbranched alkanes of at least 4 members (excludes halogenated alkanes) is 1. The van der Waals surface area contributed by atoms with Gasteiger partial charge in [0.1, 0.15) is 0 Å². The minimum absolute atomic E-state index is 0.121. The van der Waals surface area contributed by atoms with Gasteiger partial charge in [0.2, 0.25) is 5.89 Å².